The number of fused-ring (bicyclic) bond motifs is 1. The zero-order valence-corrected chi connectivity index (χ0v) is 15.3. The Kier molecular flexibility index (Phi) is 5.60. The van der Waals surface area contributed by atoms with E-state index >= 15 is 0 Å². The number of halogens is 3. The average Bonchev–Trinajstić information content (AvgIpc) is 2.62. The standard InChI is InChI=1S/C19H15ClF2N2O4/c1-9(18(26)24-15-5-2-10(20)6-14(15)22)28-19(27)13-8-17(25)23-16-7-11(21)3-4-12(13)16/h2-7,9,13H,8H2,1H3,(H,23,25)(H,24,26)/t9-,13-/m1/s1. The second-order valence-electron chi connectivity index (χ2n) is 6.23. The van der Waals surface area contributed by atoms with Crippen LogP contribution in [0.4, 0.5) is 20.2 Å². The van der Waals surface area contributed by atoms with Crippen molar-refractivity contribution in [3.63, 3.8) is 0 Å². The summed E-state index contributed by atoms with van der Waals surface area (Å²) in [5, 5.41) is 4.96. The Labute approximate surface area is 163 Å². The third kappa shape index (κ3) is 4.28. The fraction of sp³-hybridized carbons (Fsp3) is 0.211. The van der Waals surface area contributed by atoms with Gasteiger partial charge in [0, 0.05) is 17.1 Å². The van der Waals surface area contributed by atoms with Crippen LogP contribution in [-0.2, 0) is 19.1 Å². The van der Waals surface area contributed by atoms with E-state index in [0.29, 0.717) is 5.56 Å². The van der Waals surface area contributed by atoms with Gasteiger partial charge in [-0.1, -0.05) is 17.7 Å². The lowest BCUT2D eigenvalue weighted by molar-refractivity contribution is -0.155. The van der Waals surface area contributed by atoms with Gasteiger partial charge in [-0.05, 0) is 42.8 Å². The number of carbonyl (C=O) groups excluding carboxylic acids is 3. The summed E-state index contributed by atoms with van der Waals surface area (Å²) in [6, 6.07) is 7.35. The molecule has 3 rings (SSSR count). The van der Waals surface area contributed by atoms with Crippen LogP contribution >= 0.6 is 11.6 Å². The molecule has 0 radical (unpaired) electrons. The predicted octanol–water partition coefficient (Wildman–Crippen LogP) is 3.61. The highest BCUT2D eigenvalue weighted by molar-refractivity contribution is 6.30. The smallest absolute Gasteiger partial charge is 0.314 e. The number of benzene rings is 2. The number of hydrogen-bond donors (Lipinski definition) is 2. The van der Waals surface area contributed by atoms with Crippen molar-refractivity contribution < 1.29 is 27.9 Å². The lowest BCUT2D eigenvalue weighted by Crippen LogP contribution is -2.34. The van der Waals surface area contributed by atoms with Crippen LogP contribution < -0.4 is 10.6 Å². The van der Waals surface area contributed by atoms with Crippen LogP contribution in [0.5, 0.6) is 0 Å². The van der Waals surface area contributed by atoms with E-state index in [1.165, 1.54) is 25.1 Å². The average molecular weight is 409 g/mol. The molecule has 0 aromatic heterocycles. The summed E-state index contributed by atoms with van der Waals surface area (Å²) < 4.78 is 32.3. The molecule has 0 bridgehead atoms. The Morgan fingerprint density at radius 3 is 2.71 bits per heavy atom. The number of ether oxygens (including phenoxy) is 1. The molecular formula is C19H15ClF2N2O4. The van der Waals surface area contributed by atoms with Gasteiger partial charge in [0.05, 0.1) is 11.6 Å². The summed E-state index contributed by atoms with van der Waals surface area (Å²) in [6.07, 6.45) is -1.45. The van der Waals surface area contributed by atoms with E-state index in [-0.39, 0.29) is 22.8 Å². The van der Waals surface area contributed by atoms with Crippen LogP contribution in [0, 0.1) is 11.6 Å². The van der Waals surface area contributed by atoms with Crippen LogP contribution in [0.1, 0.15) is 24.8 Å². The molecule has 1 aliphatic rings. The van der Waals surface area contributed by atoms with Crippen LogP contribution in [0.15, 0.2) is 36.4 Å². The summed E-state index contributed by atoms with van der Waals surface area (Å²) in [6.45, 7) is 1.32. The van der Waals surface area contributed by atoms with Gasteiger partial charge in [0.2, 0.25) is 5.91 Å². The highest BCUT2D eigenvalue weighted by atomic mass is 35.5. The van der Waals surface area contributed by atoms with Crippen molar-refractivity contribution in [3.8, 4) is 0 Å². The number of anilines is 2. The van der Waals surface area contributed by atoms with Crippen molar-refractivity contribution in [2.75, 3.05) is 10.6 Å². The number of esters is 1. The van der Waals surface area contributed by atoms with Gasteiger partial charge in [-0.25, -0.2) is 8.78 Å². The monoisotopic (exact) mass is 408 g/mol. The molecule has 2 aromatic rings. The van der Waals surface area contributed by atoms with Gasteiger partial charge in [0.25, 0.3) is 5.91 Å². The lowest BCUT2D eigenvalue weighted by atomic mass is 9.90. The fourth-order valence-electron chi connectivity index (χ4n) is 2.78. The van der Waals surface area contributed by atoms with Gasteiger partial charge in [0.15, 0.2) is 6.10 Å². The zero-order valence-electron chi connectivity index (χ0n) is 14.6. The van der Waals surface area contributed by atoms with Crippen molar-refractivity contribution in [1.29, 1.82) is 0 Å². The van der Waals surface area contributed by atoms with Crippen LogP contribution in [0.3, 0.4) is 0 Å². The Morgan fingerprint density at radius 2 is 2.00 bits per heavy atom. The third-order valence-electron chi connectivity index (χ3n) is 4.19. The molecule has 2 atom stereocenters. The lowest BCUT2D eigenvalue weighted by Gasteiger charge is -2.25. The summed E-state index contributed by atoms with van der Waals surface area (Å²) in [5.41, 5.74) is 0.455. The summed E-state index contributed by atoms with van der Waals surface area (Å²) in [4.78, 5) is 36.5. The Hall–Kier alpha value is -3.00. The number of carbonyl (C=O) groups is 3. The molecule has 0 fully saturated rings. The molecule has 2 amide bonds. The Balaban J connectivity index is 1.70. The maximum Gasteiger partial charge on any atom is 0.314 e. The van der Waals surface area contributed by atoms with E-state index < -0.39 is 41.4 Å². The first-order valence-electron chi connectivity index (χ1n) is 8.30. The van der Waals surface area contributed by atoms with E-state index in [0.717, 1.165) is 18.2 Å². The van der Waals surface area contributed by atoms with Crippen molar-refractivity contribution in [2.45, 2.75) is 25.4 Å². The van der Waals surface area contributed by atoms with E-state index in [4.69, 9.17) is 16.3 Å². The number of nitrogens with one attached hydrogen (secondary N) is 2. The first-order valence-corrected chi connectivity index (χ1v) is 8.68. The molecule has 0 unspecified atom stereocenters. The summed E-state index contributed by atoms with van der Waals surface area (Å²) in [5.74, 6) is -4.33. The van der Waals surface area contributed by atoms with Gasteiger partial charge in [-0.3, -0.25) is 14.4 Å². The summed E-state index contributed by atoms with van der Waals surface area (Å²) >= 11 is 5.66. The third-order valence-corrected chi connectivity index (χ3v) is 4.43. The molecule has 2 aromatic carbocycles. The highest BCUT2D eigenvalue weighted by Crippen LogP contribution is 2.33. The SMILES string of the molecule is C[C@@H](OC(=O)[C@@H]1CC(=O)Nc2cc(F)ccc21)C(=O)Nc1ccc(Cl)cc1F. The molecule has 0 aliphatic carbocycles. The van der Waals surface area contributed by atoms with Crippen molar-refractivity contribution in [1.82, 2.24) is 0 Å². The predicted molar refractivity (Wildman–Crippen MR) is 98.0 cm³/mol. The highest BCUT2D eigenvalue weighted by Gasteiger charge is 2.34. The molecule has 0 saturated carbocycles. The number of amides is 2. The molecule has 1 aliphatic heterocycles. The van der Waals surface area contributed by atoms with Gasteiger partial charge in [-0.2, -0.15) is 0 Å². The molecular weight excluding hydrogens is 394 g/mol. The van der Waals surface area contributed by atoms with Crippen LogP contribution in [0.2, 0.25) is 5.02 Å². The molecule has 2 N–H and O–H groups in total. The van der Waals surface area contributed by atoms with Gasteiger partial charge in [0.1, 0.15) is 11.6 Å². The van der Waals surface area contributed by atoms with E-state index in [1.807, 2.05) is 0 Å². The molecule has 0 spiro atoms. The van der Waals surface area contributed by atoms with Gasteiger partial charge in [-0.15, -0.1) is 0 Å². The molecule has 28 heavy (non-hydrogen) atoms. The first-order chi connectivity index (χ1) is 13.2. The summed E-state index contributed by atoms with van der Waals surface area (Å²) in [7, 11) is 0. The fourth-order valence-corrected chi connectivity index (χ4v) is 2.94. The van der Waals surface area contributed by atoms with Crippen LogP contribution in [0.25, 0.3) is 0 Å². The maximum atomic E-state index is 13.8. The molecule has 0 saturated heterocycles. The van der Waals surface area contributed by atoms with Crippen LogP contribution in [-0.4, -0.2) is 23.9 Å². The number of hydrogen-bond acceptors (Lipinski definition) is 4. The van der Waals surface area contributed by atoms with E-state index in [2.05, 4.69) is 10.6 Å². The van der Waals surface area contributed by atoms with E-state index in [1.54, 1.807) is 0 Å². The molecule has 1 heterocycles. The van der Waals surface area contributed by atoms with Gasteiger partial charge >= 0.3 is 5.97 Å². The Morgan fingerprint density at radius 1 is 1.25 bits per heavy atom. The molecule has 146 valence electrons. The second kappa shape index (κ2) is 7.93. The van der Waals surface area contributed by atoms with Gasteiger partial charge < -0.3 is 15.4 Å². The van der Waals surface area contributed by atoms with Crippen molar-refractivity contribution in [3.05, 3.63) is 58.6 Å². The first kappa shape index (κ1) is 19.8. The second-order valence-corrected chi connectivity index (χ2v) is 6.67. The minimum atomic E-state index is -1.25. The van der Waals surface area contributed by atoms with Crippen molar-refractivity contribution >= 4 is 40.8 Å². The topological polar surface area (TPSA) is 84.5 Å². The van der Waals surface area contributed by atoms with E-state index in [9.17, 15) is 23.2 Å². The quantitative estimate of drug-likeness (QED) is 0.757. The number of rotatable bonds is 4. The maximum absolute atomic E-state index is 13.8. The normalized spacial score (nSPS) is 16.6. The van der Waals surface area contributed by atoms with Crippen molar-refractivity contribution in [2.24, 2.45) is 0 Å². The largest absolute Gasteiger partial charge is 0.452 e. The minimum Gasteiger partial charge on any atom is -0.452 e. The molecule has 6 nitrogen and oxygen atoms in total. The Bertz CT molecular complexity index is 967. The zero-order chi connectivity index (χ0) is 20.4. The molecule has 9 heteroatoms. The minimum absolute atomic E-state index is 0.116.